The fraction of sp³-hybridized carbons (Fsp3) is 0.519. The van der Waals surface area contributed by atoms with Crippen molar-refractivity contribution in [3.8, 4) is 0 Å². The molecular weight excluding hydrogens is 506 g/mol. The van der Waals surface area contributed by atoms with E-state index in [1.54, 1.807) is 51.1 Å². The zero-order valence-electron chi connectivity index (χ0n) is 22.6. The first-order valence-electron chi connectivity index (χ1n) is 12.9. The predicted molar refractivity (Wildman–Crippen MR) is 140 cm³/mol. The number of nitrogens with one attached hydrogen (secondary N) is 2. The minimum atomic E-state index is -1.06. The summed E-state index contributed by atoms with van der Waals surface area (Å²) < 4.78 is 5.11. The third kappa shape index (κ3) is 7.71. The molecule has 2 aliphatic rings. The van der Waals surface area contributed by atoms with E-state index in [4.69, 9.17) is 4.74 Å². The van der Waals surface area contributed by atoms with E-state index in [1.807, 2.05) is 0 Å². The van der Waals surface area contributed by atoms with Gasteiger partial charge < -0.3 is 15.4 Å². The van der Waals surface area contributed by atoms with Crippen LogP contribution in [0.15, 0.2) is 35.3 Å². The van der Waals surface area contributed by atoms with Crippen LogP contribution in [0.3, 0.4) is 0 Å². The normalized spacial score (nSPS) is 20.6. The molecule has 39 heavy (non-hydrogen) atoms. The van der Waals surface area contributed by atoms with Crippen LogP contribution < -0.4 is 10.6 Å². The highest BCUT2D eigenvalue weighted by atomic mass is 16.6. The van der Waals surface area contributed by atoms with Gasteiger partial charge >= 0.3 is 5.97 Å². The number of carbonyl (C=O) groups excluding carboxylic acids is 6. The SMILES string of the molecule is CN=C[C@H](CC(=O)C(=O)OC(C)(C)C)NC(=O)[C@@H]1CCCN2C(=O)CC[C@H](NC(=O)c3ccccc3)C(=O)N12. The van der Waals surface area contributed by atoms with Gasteiger partial charge in [-0.25, -0.2) is 9.80 Å². The number of fused-ring (bicyclic) bond motifs is 1. The van der Waals surface area contributed by atoms with Crippen molar-refractivity contribution in [1.29, 1.82) is 0 Å². The summed E-state index contributed by atoms with van der Waals surface area (Å²) in [6.45, 7) is 5.16. The van der Waals surface area contributed by atoms with Gasteiger partial charge in [0.15, 0.2) is 0 Å². The van der Waals surface area contributed by atoms with Crippen molar-refractivity contribution in [3.05, 3.63) is 35.9 Å². The molecule has 2 aliphatic heterocycles. The number of aliphatic imine (C=N–C) groups is 1. The smallest absolute Gasteiger partial charge is 0.375 e. The molecule has 3 rings (SSSR count). The molecule has 0 unspecified atom stereocenters. The molecule has 0 aliphatic carbocycles. The Labute approximate surface area is 227 Å². The van der Waals surface area contributed by atoms with Crippen molar-refractivity contribution in [3.63, 3.8) is 0 Å². The molecule has 1 aromatic rings. The Balaban J connectivity index is 1.77. The van der Waals surface area contributed by atoms with Gasteiger partial charge in [0.1, 0.15) is 17.7 Å². The minimum absolute atomic E-state index is 0.0197. The molecule has 0 spiro atoms. The van der Waals surface area contributed by atoms with Crippen LogP contribution >= 0.6 is 0 Å². The summed E-state index contributed by atoms with van der Waals surface area (Å²) in [5.41, 5.74) is -0.496. The maximum absolute atomic E-state index is 13.6. The van der Waals surface area contributed by atoms with E-state index in [2.05, 4.69) is 15.6 Å². The number of hydrazine groups is 1. The molecule has 2 fully saturated rings. The van der Waals surface area contributed by atoms with Crippen molar-refractivity contribution >= 4 is 41.6 Å². The minimum Gasteiger partial charge on any atom is -0.454 e. The number of nitrogens with zero attached hydrogens (tertiary/aromatic N) is 3. The highest BCUT2D eigenvalue weighted by Gasteiger charge is 2.45. The Morgan fingerprint density at radius 1 is 1.13 bits per heavy atom. The summed E-state index contributed by atoms with van der Waals surface area (Å²) in [4.78, 5) is 81.2. The number of rotatable bonds is 8. The zero-order valence-corrected chi connectivity index (χ0v) is 22.6. The molecule has 2 saturated heterocycles. The molecule has 210 valence electrons. The van der Waals surface area contributed by atoms with Crippen molar-refractivity contribution in [2.75, 3.05) is 13.6 Å². The fourth-order valence-corrected chi connectivity index (χ4v) is 4.46. The van der Waals surface area contributed by atoms with Crippen molar-refractivity contribution in [2.45, 2.75) is 76.6 Å². The van der Waals surface area contributed by atoms with Gasteiger partial charge in [0.25, 0.3) is 11.8 Å². The van der Waals surface area contributed by atoms with Crippen LogP contribution in [-0.4, -0.2) is 88.9 Å². The molecule has 0 radical (unpaired) electrons. The van der Waals surface area contributed by atoms with Crippen LogP contribution in [0, 0.1) is 0 Å². The third-order valence-corrected chi connectivity index (χ3v) is 6.19. The maximum atomic E-state index is 13.6. The Kier molecular flexibility index (Phi) is 9.55. The standard InChI is InChI=1S/C27H35N5O7/c1-27(2,3)39-26(38)21(33)15-18(16-28-4)29-24(36)20-11-8-14-31-22(34)13-12-19(25(37)32(20)31)30-23(35)17-9-6-5-7-10-17/h5-7,9-10,16,18-20H,8,11-15H2,1-4H3,(H,29,36)(H,30,35)/t18-,19-,20-/m0/s1. The lowest BCUT2D eigenvalue weighted by Crippen LogP contribution is -2.64. The number of hydrogen-bond acceptors (Lipinski definition) is 8. The van der Waals surface area contributed by atoms with Crippen LogP contribution in [0.25, 0.3) is 0 Å². The van der Waals surface area contributed by atoms with Crippen LogP contribution in [0.4, 0.5) is 0 Å². The van der Waals surface area contributed by atoms with E-state index in [0.29, 0.717) is 12.0 Å². The van der Waals surface area contributed by atoms with Crippen LogP contribution in [0.5, 0.6) is 0 Å². The predicted octanol–water partition coefficient (Wildman–Crippen LogP) is 0.800. The van der Waals surface area contributed by atoms with Gasteiger partial charge in [0.05, 0.1) is 6.04 Å². The molecular formula is C27H35N5O7. The van der Waals surface area contributed by atoms with E-state index in [1.165, 1.54) is 18.3 Å². The van der Waals surface area contributed by atoms with Gasteiger partial charge in [0, 0.05) is 38.2 Å². The lowest BCUT2D eigenvalue weighted by molar-refractivity contribution is -0.176. The number of esters is 1. The summed E-state index contributed by atoms with van der Waals surface area (Å²) in [6, 6.07) is 5.37. The zero-order chi connectivity index (χ0) is 28.7. The van der Waals surface area contributed by atoms with Crippen LogP contribution in [0.2, 0.25) is 0 Å². The molecule has 0 aromatic heterocycles. The van der Waals surface area contributed by atoms with Crippen molar-refractivity contribution < 1.29 is 33.5 Å². The number of hydrogen-bond donors (Lipinski definition) is 2. The summed E-state index contributed by atoms with van der Waals surface area (Å²) in [5.74, 6) is -3.85. The van der Waals surface area contributed by atoms with Gasteiger partial charge in [-0.15, -0.1) is 0 Å². The molecule has 0 saturated carbocycles. The lowest BCUT2D eigenvalue weighted by Gasteiger charge is -2.43. The average Bonchev–Trinajstić information content (AvgIpc) is 3.00. The van der Waals surface area contributed by atoms with E-state index in [9.17, 15) is 28.8 Å². The Morgan fingerprint density at radius 2 is 1.82 bits per heavy atom. The third-order valence-electron chi connectivity index (χ3n) is 6.19. The number of benzene rings is 1. The number of ether oxygens (including phenoxy) is 1. The average molecular weight is 542 g/mol. The molecule has 2 N–H and O–H groups in total. The second kappa shape index (κ2) is 12.6. The Bertz CT molecular complexity index is 1140. The van der Waals surface area contributed by atoms with Gasteiger partial charge in [0.2, 0.25) is 17.6 Å². The van der Waals surface area contributed by atoms with Crippen LogP contribution in [-0.2, 0) is 28.7 Å². The summed E-state index contributed by atoms with van der Waals surface area (Å²) >= 11 is 0. The maximum Gasteiger partial charge on any atom is 0.375 e. The number of Topliss-reactive ketones (excluding diaryl/α,β-unsaturated/α-hetero) is 1. The fourth-order valence-electron chi connectivity index (χ4n) is 4.46. The first kappa shape index (κ1) is 29.5. The van der Waals surface area contributed by atoms with E-state index in [0.717, 1.165) is 5.01 Å². The first-order chi connectivity index (χ1) is 18.4. The first-order valence-corrected chi connectivity index (χ1v) is 12.9. The monoisotopic (exact) mass is 541 g/mol. The van der Waals surface area contributed by atoms with Gasteiger partial charge in [-0.3, -0.25) is 34.0 Å². The van der Waals surface area contributed by atoms with Gasteiger partial charge in [-0.1, -0.05) is 18.2 Å². The van der Waals surface area contributed by atoms with E-state index >= 15 is 0 Å². The molecule has 3 atom stereocenters. The summed E-state index contributed by atoms with van der Waals surface area (Å²) in [5, 5.41) is 7.76. The number of amides is 4. The van der Waals surface area contributed by atoms with E-state index in [-0.39, 0.29) is 31.7 Å². The number of ketones is 1. The second-order valence-electron chi connectivity index (χ2n) is 10.4. The quantitative estimate of drug-likeness (QED) is 0.280. The molecule has 12 heteroatoms. The summed E-state index contributed by atoms with van der Waals surface area (Å²) in [7, 11) is 1.45. The van der Waals surface area contributed by atoms with Gasteiger partial charge in [-0.05, 0) is 52.2 Å². The van der Waals surface area contributed by atoms with Crippen LogP contribution in [0.1, 0.15) is 63.2 Å². The molecule has 12 nitrogen and oxygen atoms in total. The molecule has 2 heterocycles. The van der Waals surface area contributed by atoms with Crippen molar-refractivity contribution in [2.24, 2.45) is 4.99 Å². The highest BCUT2D eigenvalue weighted by Crippen LogP contribution is 2.25. The summed E-state index contributed by atoms with van der Waals surface area (Å²) in [6.07, 6.45) is 1.77. The molecule has 4 amide bonds. The Hall–Kier alpha value is -4.09. The topological polar surface area (TPSA) is 155 Å². The lowest BCUT2D eigenvalue weighted by atomic mass is 10.0. The highest BCUT2D eigenvalue weighted by molar-refractivity contribution is 6.34. The second-order valence-corrected chi connectivity index (χ2v) is 10.4. The van der Waals surface area contributed by atoms with E-state index < -0.39 is 59.6 Å². The molecule has 0 bridgehead atoms. The van der Waals surface area contributed by atoms with Gasteiger partial charge in [-0.2, -0.15) is 0 Å². The Morgan fingerprint density at radius 3 is 2.46 bits per heavy atom. The van der Waals surface area contributed by atoms with Crippen molar-refractivity contribution in [1.82, 2.24) is 20.7 Å². The number of carbonyl (C=O) groups is 6. The molecule has 1 aromatic carbocycles. The largest absolute Gasteiger partial charge is 0.454 e.